The van der Waals surface area contributed by atoms with E-state index < -0.39 is 0 Å². The Labute approximate surface area is 90.0 Å². The number of hydrogen-bond donors (Lipinski definition) is 1. The molecule has 0 aromatic carbocycles. The summed E-state index contributed by atoms with van der Waals surface area (Å²) >= 11 is 0. The van der Waals surface area contributed by atoms with E-state index in [1.165, 1.54) is 0 Å². The molecule has 4 heteroatoms. The van der Waals surface area contributed by atoms with Crippen LogP contribution in [-0.4, -0.2) is 30.8 Å². The van der Waals surface area contributed by atoms with Crippen LogP contribution in [-0.2, 0) is 4.74 Å². The summed E-state index contributed by atoms with van der Waals surface area (Å²) in [5, 5.41) is 0. The highest BCUT2D eigenvalue weighted by Crippen LogP contribution is 2.22. The van der Waals surface area contributed by atoms with E-state index in [9.17, 15) is 0 Å². The van der Waals surface area contributed by atoms with Crippen molar-refractivity contribution in [1.29, 1.82) is 0 Å². The molecule has 0 spiro atoms. The summed E-state index contributed by atoms with van der Waals surface area (Å²) in [5.74, 6) is 0.951. The van der Waals surface area contributed by atoms with Gasteiger partial charge in [0.2, 0.25) is 0 Å². The molecule has 0 aliphatic carbocycles. The Kier molecular flexibility index (Phi) is 2.77. The van der Waals surface area contributed by atoms with Crippen LogP contribution in [0.2, 0.25) is 0 Å². The van der Waals surface area contributed by atoms with Crippen LogP contribution in [0.1, 0.15) is 13.3 Å². The molecule has 0 saturated carbocycles. The second-order valence-corrected chi connectivity index (χ2v) is 3.99. The lowest BCUT2D eigenvalue weighted by Gasteiger charge is -2.27. The van der Waals surface area contributed by atoms with Gasteiger partial charge in [-0.25, -0.2) is 4.98 Å². The molecule has 1 fully saturated rings. The second kappa shape index (κ2) is 4.06. The van der Waals surface area contributed by atoms with E-state index in [1.807, 2.05) is 19.2 Å². The molecule has 1 aliphatic heterocycles. The fourth-order valence-electron chi connectivity index (χ4n) is 2.01. The zero-order valence-corrected chi connectivity index (χ0v) is 9.18. The third-order valence-electron chi connectivity index (χ3n) is 2.97. The molecule has 1 aromatic rings. The van der Waals surface area contributed by atoms with E-state index in [4.69, 9.17) is 10.5 Å². The highest BCUT2D eigenvalue weighted by Gasteiger charge is 2.28. The van der Waals surface area contributed by atoms with Crippen LogP contribution in [0.5, 0.6) is 0 Å². The maximum Gasteiger partial charge on any atom is 0.128 e. The largest absolute Gasteiger partial charge is 0.397 e. The first-order valence-corrected chi connectivity index (χ1v) is 5.24. The van der Waals surface area contributed by atoms with Crippen LogP contribution < -0.4 is 10.6 Å². The maximum atomic E-state index is 5.60. The lowest BCUT2D eigenvalue weighted by atomic mass is 10.1. The number of pyridine rings is 1. The number of aromatic nitrogens is 1. The summed E-state index contributed by atoms with van der Waals surface area (Å²) in [6.45, 7) is 2.94. The van der Waals surface area contributed by atoms with Crippen LogP contribution in [0.15, 0.2) is 18.3 Å². The normalized spacial score (nSPS) is 25.5. The minimum Gasteiger partial charge on any atom is -0.397 e. The van der Waals surface area contributed by atoms with Gasteiger partial charge in [0, 0.05) is 13.7 Å². The standard InChI is InChI=1S/C11H17N3O/c1-8-10(5-6-15-8)14(2)11-4-3-9(12)7-13-11/h3-4,7-8,10H,5-6,12H2,1-2H3. The van der Waals surface area contributed by atoms with Crippen LogP contribution >= 0.6 is 0 Å². The molecule has 2 heterocycles. The average Bonchev–Trinajstić information content (AvgIpc) is 2.65. The molecule has 1 aliphatic rings. The number of anilines is 2. The molecule has 82 valence electrons. The van der Waals surface area contributed by atoms with Gasteiger partial charge in [-0.1, -0.05) is 0 Å². The van der Waals surface area contributed by atoms with Gasteiger partial charge in [0.05, 0.1) is 24.0 Å². The molecular weight excluding hydrogens is 190 g/mol. The molecule has 4 nitrogen and oxygen atoms in total. The number of nitrogen functional groups attached to an aromatic ring is 1. The van der Waals surface area contributed by atoms with Gasteiger partial charge in [0.25, 0.3) is 0 Å². The SMILES string of the molecule is CC1OCCC1N(C)c1ccc(N)cn1. The minimum atomic E-state index is 0.273. The molecule has 2 N–H and O–H groups in total. The van der Waals surface area contributed by atoms with Gasteiger partial charge in [0.1, 0.15) is 5.82 Å². The van der Waals surface area contributed by atoms with E-state index in [0.29, 0.717) is 11.7 Å². The monoisotopic (exact) mass is 207 g/mol. The summed E-state index contributed by atoms with van der Waals surface area (Å²) in [7, 11) is 2.05. The van der Waals surface area contributed by atoms with Gasteiger partial charge in [0.15, 0.2) is 0 Å². The van der Waals surface area contributed by atoms with Gasteiger partial charge in [-0.15, -0.1) is 0 Å². The number of likely N-dealkylation sites (N-methyl/N-ethyl adjacent to an activating group) is 1. The van der Waals surface area contributed by atoms with Gasteiger partial charge in [-0.05, 0) is 25.5 Å². The van der Waals surface area contributed by atoms with Crippen LogP contribution in [0.25, 0.3) is 0 Å². The lowest BCUT2D eigenvalue weighted by Crippen LogP contribution is -2.37. The third-order valence-corrected chi connectivity index (χ3v) is 2.97. The minimum absolute atomic E-state index is 0.273. The Balaban J connectivity index is 2.13. The van der Waals surface area contributed by atoms with Crippen molar-refractivity contribution in [3.8, 4) is 0 Å². The highest BCUT2D eigenvalue weighted by molar-refractivity contribution is 5.46. The molecule has 2 unspecified atom stereocenters. The van der Waals surface area contributed by atoms with E-state index in [1.54, 1.807) is 6.20 Å². The zero-order valence-electron chi connectivity index (χ0n) is 9.18. The van der Waals surface area contributed by atoms with Gasteiger partial charge < -0.3 is 15.4 Å². The first-order chi connectivity index (χ1) is 7.18. The van der Waals surface area contributed by atoms with Crippen molar-refractivity contribution in [2.45, 2.75) is 25.5 Å². The maximum absolute atomic E-state index is 5.60. The number of nitrogens with two attached hydrogens (primary N) is 1. The van der Waals surface area contributed by atoms with Crippen LogP contribution in [0, 0.1) is 0 Å². The van der Waals surface area contributed by atoms with Crippen molar-refractivity contribution in [3.63, 3.8) is 0 Å². The molecule has 0 amide bonds. The second-order valence-electron chi connectivity index (χ2n) is 3.99. The Hall–Kier alpha value is -1.29. The summed E-state index contributed by atoms with van der Waals surface area (Å²) in [4.78, 5) is 6.47. The van der Waals surface area contributed by atoms with E-state index in [-0.39, 0.29) is 6.10 Å². The topological polar surface area (TPSA) is 51.4 Å². The van der Waals surface area contributed by atoms with Crippen molar-refractivity contribution in [3.05, 3.63) is 18.3 Å². The van der Waals surface area contributed by atoms with Crippen LogP contribution in [0.4, 0.5) is 11.5 Å². The predicted octanol–water partition coefficient (Wildman–Crippen LogP) is 1.28. The van der Waals surface area contributed by atoms with Crippen LogP contribution in [0.3, 0.4) is 0 Å². The first kappa shape index (κ1) is 10.2. The van der Waals surface area contributed by atoms with Gasteiger partial charge in [-0.3, -0.25) is 0 Å². The molecule has 0 bridgehead atoms. The molecular formula is C11H17N3O. The van der Waals surface area contributed by atoms with Crippen molar-refractivity contribution in [1.82, 2.24) is 4.98 Å². The van der Waals surface area contributed by atoms with E-state index in [0.717, 1.165) is 18.8 Å². The number of ether oxygens (including phenoxy) is 1. The van der Waals surface area contributed by atoms with Gasteiger partial charge in [-0.2, -0.15) is 0 Å². The molecule has 1 saturated heterocycles. The average molecular weight is 207 g/mol. The Bertz CT molecular complexity index is 325. The smallest absolute Gasteiger partial charge is 0.128 e. The summed E-state index contributed by atoms with van der Waals surface area (Å²) < 4.78 is 5.54. The number of rotatable bonds is 2. The number of nitrogens with zero attached hydrogens (tertiary/aromatic N) is 2. The Morgan fingerprint density at radius 3 is 2.87 bits per heavy atom. The summed E-state index contributed by atoms with van der Waals surface area (Å²) in [6, 6.07) is 4.24. The fraction of sp³-hybridized carbons (Fsp3) is 0.545. The highest BCUT2D eigenvalue weighted by atomic mass is 16.5. The quantitative estimate of drug-likeness (QED) is 0.793. The van der Waals surface area contributed by atoms with Crippen molar-refractivity contribution >= 4 is 11.5 Å². The van der Waals surface area contributed by atoms with Gasteiger partial charge >= 0.3 is 0 Å². The Morgan fingerprint density at radius 2 is 2.33 bits per heavy atom. The Morgan fingerprint density at radius 1 is 1.53 bits per heavy atom. The first-order valence-electron chi connectivity index (χ1n) is 5.24. The number of hydrogen-bond acceptors (Lipinski definition) is 4. The molecule has 2 atom stereocenters. The fourth-order valence-corrected chi connectivity index (χ4v) is 2.01. The molecule has 0 radical (unpaired) electrons. The lowest BCUT2D eigenvalue weighted by molar-refractivity contribution is 0.118. The zero-order chi connectivity index (χ0) is 10.8. The third kappa shape index (κ3) is 2.04. The van der Waals surface area contributed by atoms with E-state index >= 15 is 0 Å². The summed E-state index contributed by atoms with van der Waals surface area (Å²) in [5.41, 5.74) is 6.30. The van der Waals surface area contributed by atoms with Crippen molar-refractivity contribution < 1.29 is 4.74 Å². The molecule has 2 rings (SSSR count). The molecule has 1 aromatic heterocycles. The summed E-state index contributed by atoms with van der Waals surface area (Å²) in [6.07, 6.45) is 3.02. The van der Waals surface area contributed by atoms with E-state index in [2.05, 4.69) is 16.8 Å². The molecule has 15 heavy (non-hydrogen) atoms. The van der Waals surface area contributed by atoms with Crippen molar-refractivity contribution in [2.24, 2.45) is 0 Å². The van der Waals surface area contributed by atoms with Crippen molar-refractivity contribution in [2.75, 3.05) is 24.3 Å². The predicted molar refractivity (Wildman–Crippen MR) is 60.9 cm³/mol.